The summed E-state index contributed by atoms with van der Waals surface area (Å²) in [5.74, 6) is -0.938. The molecule has 0 unspecified atom stereocenters. The Morgan fingerprint density at radius 2 is 2.00 bits per heavy atom. The summed E-state index contributed by atoms with van der Waals surface area (Å²) in [6, 6.07) is 11.0. The molecule has 0 radical (unpaired) electrons. The van der Waals surface area contributed by atoms with Gasteiger partial charge in [0.1, 0.15) is 11.9 Å². The number of hydrogen-bond donors (Lipinski definition) is 1. The van der Waals surface area contributed by atoms with E-state index in [4.69, 9.17) is 10.5 Å². The Labute approximate surface area is 109 Å². The largest absolute Gasteiger partial charge is 0.367 e. The van der Waals surface area contributed by atoms with Crippen LogP contribution in [0.4, 0.5) is 4.39 Å². The Morgan fingerprint density at radius 1 is 1.26 bits per heavy atom. The molecule has 1 fully saturated rings. The monoisotopic (exact) mass is 258 g/mol. The van der Waals surface area contributed by atoms with Crippen molar-refractivity contribution in [3.05, 3.63) is 65.7 Å². The fourth-order valence-corrected chi connectivity index (χ4v) is 2.18. The lowest BCUT2D eigenvalue weighted by atomic mass is 9.95. The highest BCUT2D eigenvalue weighted by atomic mass is 19.1. The highest BCUT2D eigenvalue weighted by molar-refractivity contribution is 5.88. The minimum Gasteiger partial charge on any atom is -0.367 e. The van der Waals surface area contributed by atoms with E-state index < -0.39 is 17.6 Å². The van der Waals surface area contributed by atoms with Crippen LogP contribution in [0.2, 0.25) is 0 Å². The van der Waals surface area contributed by atoms with Gasteiger partial charge in [0, 0.05) is 6.20 Å². The van der Waals surface area contributed by atoms with E-state index in [1.165, 1.54) is 12.1 Å². The van der Waals surface area contributed by atoms with Crippen molar-refractivity contribution in [2.45, 2.75) is 11.7 Å². The Bertz CT molecular complexity index is 615. The Kier molecular flexibility index (Phi) is 2.57. The molecule has 19 heavy (non-hydrogen) atoms. The number of benzene rings is 1. The molecule has 0 spiro atoms. The van der Waals surface area contributed by atoms with E-state index in [0.29, 0.717) is 11.3 Å². The molecule has 0 bridgehead atoms. The average molecular weight is 258 g/mol. The highest BCUT2D eigenvalue weighted by Crippen LogP contribution is 2.56. The maximum atomic E-state index is 12.9. The van der Waals surface area contributed by atoms with Gasteiger partial charge in [0.2, 0.25) is 5.60 Å². The van der Waals surface area contributed by atoms with Crippen molar-refractivity contribution < 1.29 is 13.9 Å². The van der Waals surface area contributed by atoms with Crippen LogP contribution in [0.25, 0.3) is 0 Å². The summed E-state index contributed by atoms with van der Waals surface area (Å²) in [6.45, 7) is 0. The molecule has 1 aromatic heterocycles. The predicted octanol–water partition coefficient (Wildman–Crippen LogP) is 1.67. The van der Waals surface area contributed by atoms with E-state index in [1.807, 2.05) is 0 Å². The number of amides is 1. The number of nitrogens with zero attached hydrogens (tertiary/aromatic N) is 1. The number of carbonyl (C=O) groups excluding carboxylic acids is 1. The van der Waals surface area contributed by atoms with Crippen molar-refractivity contribution in [3.63, 3.8) is 0 Å². The van der Waals surface area contributed by atoms with E-state index in [2.05, 4.69) is 4.98 Å². The highest BCUT2D eigenvalue weighted by Gasteiger charge is 2.64. The van der Waals surface area contributed by atoms with Gasteiger partial charge in [-0.2, -0.15) is 0 Å². The molecule has 1 saturated heterocycles. The first-order chi connectivity index (χ1) is 9.14. The number of aromatic nitrogens is 1. The lowest BCUT2D eigenvalue weighted by molar-refractivity contribution is -0.123. The lowest BCUT2D eigenvalue weighted by Crippen LogP contribution is -2.31. The number of epoxide rings is 1. The molecule has 2 atom stereocenters. The normalized spacial score (nSPS) is 25.0. The second-order valence-electron chi connectivity index (χ2n) is 4.36. The van der Waals surface area contributed by atoms with E-state index >= 15 is 0 Å². The molecule has 2 N–H and O–H groups in total. The maximum absolute atomic E-state index is 12.9. The van der Waals surface area contributed by atoms with Gasteiger partial charge in [-0.1, -0.05) is 18.2 Å². The molecule has 2 heterocycles. The Balaban J connectivity index is 1.99. The van der Waals surface area contributed by atoms with Crippen molar-refractivity contribution in [3.8, 4) is 0 Å². The van der Waals surface area contributed by atoms with Crippen LogP contribution < -0.4 is 5.73 Å². The maximum Gasteiger partial charge on any atom is 0.259 e. The first-order valence-corrected chi connectivity index (χ1v) is 5.79. The molecular formula is C14H11FN2O2. The summed E-state index contributed by atoms with van der Waals surface area (Å²) in [5, 5.41) is 0. The number of carbonyl (C=O) groups is 1. The van der Waals surface area contributed by atoms with Crippen LogP contribution in [-0.2, 0) is 15.1 Å². The standard InChI is InChI=1S/C14H11FN2O2/c15-10-6-4-9(5-7-10)12-14(19-12,13(16)18)11-3-1-2-8-17-11/h1-8,12H,(H2,16,18)/t12-,14+/m0/s1. The molecule has 1 aliphatic heterocycles. The third-order valence-electron chi connectivity index (χ3n) is 3.20. The quantitative estimate of drug-likeness (QED) is 0.851. The minimum absolute atomic E-state index is 0.341. The number of primary amides is 1. The van der Waals surface area contributed by atoms with Gasteiger partial charge in [-0.05, 0) is 29.8 Å². The predicted molar refractivity (Wildman–Crippen MR) is 65.3 cm³/mol. The van der Waals surface area contributed by atoms with Gasteiger partial charge in [-0.25, -0.2) is 4.39 Å². The summed E-state index contributed by atoms with van der Waals surface area (Å²) < 4.78 is 18.4. The van der Waals surface area contributed by atoms with Gasteiger partial charge in [0.15, 0.2) is 0 Å². The first kappa shape index (κ1) is 11.8. The van der Waals surface area contributed by atoms with Crippen LogP contribution in [-0.4, -0.2) is 10.9 Å². The Morgan fingerprint density at radius 3 is 2.58 bits per heavy atom. The average Bonchev–Trinajstić information content (AvgIpc) is 3.17. The van der Waals surface area contributed by atoms with Crippen LogP contribution >= 0.6 is 0 Å². The van der Waals surface area contributed by atoms with E-state index in [-0.39, 0.29) is 5.82 Å². The minimum atomic E-state index is -1.24. The zero-order valence-electron chi connectivity index (χ0n) is 9.92. The van der Waals surface area contributed by atoms with E-state index in [9.17, 15) is 9.18 Å². The zero-order valence-corrected chi connectivity index (χ0v) is 9.92. The molecule has 1 aliphatic rings. The van der Waals surface area contributed by atoms with Crippen molar-refractivity contribution >= 4 is 5.91 Å². The van der Waals surface area contributed by atoms with Gasteiger partial charge in [-0.15, -0.1) is 0 Å². The fraction of sp³-hybridized carbons (Fsp3) is 0.143. The molecular weight excluding hydrogens is 247 g/mol. The van der Waals surface area contributed by atoms with Gasteiger partial charge in [-0.3, -0.25) is 9.78 Å². The summed E-state index contributed by atoms with van der Waals surface area (Å²) in [7, 11) is 0. The Hall–Kier alpha value is -2.27. The van der Waals surface area contributed by atoms with Crippen LogP contribution in [0, 0.1) is 5.82 Å². The number of nitrogens with two attached hydrogens (primary N) is 1. The third-order valence-corrected chi connectivity index (χ3v) is 3.20. The second kappa shape index (κ2) is 4.13. The van der Waals surface area contributed by atoms with Crippen molar-refractivity contribution in [2.75, 3.05) is 0 Å². The smallest absolute Gasteiger partial charge is 0.259 e. The number of halogens is 1. The van der Waals surface area contributed by atoms with Crippen LogP contribution in [0.15, 0.2) is 48.7 Å². The SMILES string of the molecule is NC(=O)[C@]1(c2ccccn2)O[C@H]1c1ccc(F)cc1. The number of ether oxygens (including phenoxy) is 1. The fourth-order valence-electron chi connectivity index (χ4n) is 2.18. The molecule has 4 nitrogen and oxygen atoms in total. The summed E-state index contributed by atoms with van der Waals surface area (Å²) in [5.41, 5.74) is 5.38. The van der Waals surface area contributed by atoms with E-state index in [0.717, 1.165) is 0 Å². The van der Waals surface area contributed by atoms with E-state index in [1.54, 1.807) is 36.5 Å². The molecule has 1 amide bonds. The number of pyridine rings is 1. The van der Waals surface area contributed by atoms with Crippen molar-refractivity contribution in [1.29, 1.82) is 0 Å². The van der Waals surface area contributed by atoms with Gasteiger partial charge in [0.05, 0.1) is 5.69 Å². The molecule has 1 aromatic carbocycles. The molecule has 5 heteroatoms. The molecule has 96 valence electrons. The number of hydrogen-bond acceptors (Lipinski definition) is 3. The zero-order chi connectivity index (χ0) is 13.5. The molecule has 0 saturated carbocycles. The van der Waals surface area contributed by atoms with Crippen molar-refractivity contribution in [2.24, 2.45) is 5.73 Å². The van der Waals surface area contributed by atoms with Gasteiger partial charge >= 0.3 is 0 Å². The van der Waals surface area contributed by atoms with Gasteiger partial charge < -0.3 is 10.5 Å². The molecule has 2 aromatic rings. The van der Waals surface area contributed by atoms with Crippen molar-refractivity contribution in [1.82, 2.24) is 4.98 Å². The van der Waals surface area contributed by atoms with Crippen LogP contribution in [0.1, 0.15) is 17.4 Å². The number of rotatable bonds is 3. The molecule has 0 aliphatic carbocycles. The first-order valence-electron chi connectivity index (χ1n) is 5.79. The summed E-state index contributed by atoms with van der Waals surface area (Å²) >= 11 is 0. The second-order valence-corrected chi connectivity index (χ2v) is 4.36. The lowest BCUT2D eigenvalue weighted by Gasteiger charge is -2.07. The van der Waals surface area contributed by atoms with Crippen LogP contribution in [0.3, 0.4) is 0 Å². The summed E-state index contributed by atoms with van der Waals surface area (Å²) in [6.07, 6.45) is 1.06. The van der Waals surface area contributed by atoms with Crippen LogP contribution in [0.5, 0.6) is 0 Å². The molecule has 3 rings (SSSR count). The summed E-state index contributed by atoms with van der Waals surface area (Å²) in [4.78, 5) is 15.8. The third kappa shape index (κ3) is 1.79. The topological polar surface area (TPSA) is 68.5 Å². The van der Waals surface area contributed by atoms with Gasteiger partial charge in [0.25, 0.3) is 5.91 Å².